The molecule has 0 spiro atoms. The summed E-state index contributed by atoms with van der Waals surface area (Å²) in [5.41, 5.74) is 0.774. The van der Waals surface area contributed by atoms with Gasteiger partial charge in [0.05, 0.1) is 16.9 Å². The van der Waals surface area contributed by atoms with E-state index >= 15 is 0 Å². The molecule has 4 heteroatoms. The smallest absolute Gasteiger partial charge is 0.258 e. The molecule has 0 amide bonds. The molecule has 3 atom stereocenters. The number of hydrogen-bond acceptors (Lipinski definition) is 3. The van der Waals surface area contributed by atoms with Gasteiger partial charge in [-0.3, -0.25) is 9.69 Å². The highest BCUT2D eigenvalue weighted by Crippen LogP contribution is 2.38. The number of aromatic amines is 1. The second-order valence-electron chi connectivity index (χ2n) is 7.23. The predicted octanol–water partition coefficient (Wildman–Crippen LogP) is 3.50. The van der Waals surface area contributed by atoms with E-state index in [1.165, 1.54) is 32.1 Å². The summed E-state index contributed by atoms with van der Waals surface area (Å²) in [6.45, 7) is 4.46. The Morgan fingerprint density at radius 3 is 2.83 bits per heavy atom. The van der Waals surface area contributed by atoms with Crippen molar-refractivity contribution in [3.8, 4) is 0 Å². The van der Waals surface area contributed by atoms with Gasteiger partial charge >= 0.3 is 0 Å². The van der Waals surface area contributed by atoms with Crippen LogP contribution in [-0.4, -0.2) is 28.0 Å². The lowest BCUT2D eigenvalue weighted by Gasteiger charge is -2.43. The van der Waals surface area contributed by atoms with Crippen LogP contribution in [0.15, 0.2) is 29.1 Å². The number of rotatable bonds is 2. The van der Waals surface area contributed by atoms with Crippen LogP contribution in [0.4, 0.5) is 0 Å². The van der Waals surface area contributed by atoms with E-state index in [-0.39, 0.29) is 11.6 Å². The maximum absolute atomic E-state index is 12.3. The van der Waals surface area contributed by atoms with Crippen molar-refractivity contribution in [1.29, 1.82) is 0 Å². The summed E-state index contributed by atoms with van der Waals surface area (Å²) in [5, 5.41) is 0.675. The van der Waals surface area contributed by atoms with Crippen molar-refractivity contribution < 1.29 is 0 Å². The highest BCUT2D eigenvalue weighted by molar-refractivity contribution is 5.77. The SMILES string of the molecule is C[C@@H](c1nc2ccccc2c(=O)[nH]1)N1CC[C@@H]2CCCC[C@@H]2C1. The summed E-state index contributed by atoms with van der Waals surface area (Å²) in [6, 6.07) is 7.76. The van der Waals surface area contributed by atoms with E-state index in [2.05, 4.69) is 16.8 Å². The van der Waals surface area contributed by atoms with Gasteiger partial charge in [-0.2, -0.15) is 0 Å². The van der Waals surface area contributed by atoms with Crippen LogP contribution in [0, 0.1) is 11.8 Å². The Bertz CT molecular complexity index is 754. The number of benzene rings is 1. The van der Waals surface area contributed by atoms with Gasteiger partial charge in [0.15, 0.2) is 0 Å². The van der Waals surface area contributed by atoms with E-state index in [1.807, 2.05) is 24.3 Å². The topological polar surface area (TPSA) is 49.0 Å². The fraction of sp³-hybridized carbons (Fsp3) is 0.579. The van der Waals surface area contributed by atoms with Gasteiger partial charge in [0.1, 0.15) is 5.82 Å². The van der Waals surface area contributed by atoms with Crippen LogP contribution in [0.25, 0.3) is 10.9 Å². The minimum Gasteiger partial charge on any atom is -0.309 e. The first-order chi connectivity index (χ1) is 11.2. The van der Waals surface area contributed by atoms with Crippen molar-refractivity contribution >= 4 is 10.9 Å². The summed E-state index contributed by atoms with van der Waals surface area (Å²) in [5.74, 6) is 2.57. The minimum atomic E-state index is -0.0231. The zero-order valence-corrected chi connectivity index (χ0v) is 13.8. The molecule has 1 saturated heterocycles. The molecule has 0 bridgehead atoms. The van der Waals surface area contributed by atoms with Gasteiger partial charge in [0, 0.05) is 6.54 Å². The van der Waals surface area contributed by atoms with Crippen molar-refractivity contribution in [3.63, 3.8) is 0 Å². The monoisotopic (exact) mass is 311 g/mol. The Balaban J connectivity index is 1.59. The molecule has 23 heavy (non-hydrogen) atoms. The standard InChI is InChI=1S/C19H25N3O/c1-13(22-11-10-14-6-2-3-7-15(14)12-22)18-20-17-9-5-4-8-16(17)19(23)21-18/h4-5,8-9,13-15H,2-3,6-7,10-12H2,1H3,(H,20,21,23)/t13-,14-,15+/m0/s1. The predicted molar refractivity (Wildman–Crippen MR) is 92.4 cm³/mol. The first-order valence-electron chi connectivity index (χ1n) is 8.95. The second kappa shape index (κ2) is 6.08. The van der Waals surface area contributed by atoms with E-state index in [9.17, 15) is 4.79 Å². The third-order valence-corrected chi connectivity index (χ3v) is 5.90. The third-order valence-electron chi connectivity index (χ3n) is 5.90. The molecule has 1 aliphatic heterocycles. The summed E-state index contributed by atoms with van der Waals surface area (Å²) in [4.78, 5) is 22.5. The molecule has 2 heterocycles. The second-order valence-corrected chi connectivity index (χ2v) is 7.23. The lowest BCUT2D eigenvalue weighted by molar-refractivity contribution is 0.0591. The molecule has 1 aromatic carbocycles. The van der Waals surface area contributed by atoms with E-state index in [1.54, 1.807) is 0 Å². The first-order valence-corrected chi connectivity index (χ1v) is 8.95. The molecule has 1 N–H and O–H groups in total. The number of aromatic nitrogens is 2. The molecule has 2 fully saturated rings. The Hall–Kier alpha value is -1.68. The molecule has 0 unspecified atom stereocenters. The van der Waals surface area contributed by atoms with E-state index < -0.39 is 0 Å². The van der Waals surface area contributed by atoms with Crippen molar-refractivity contribution in [2.45, 2.75) is 45.1 Å². The summed E-state index contributed by atoms with van der Waals surface area (Å²) in [7, 11) is 0. The van der Waals surface area contributed by atoms with Gasteiger partial charge in [-0.25, -0.2) is 4.98 Å². The molecule has 1 aromatic heterocycles. The summed E-state index contributed by atoms with van der Waals surface area (Å²) >= 11 is 0. The summed E-state index contributed by atoms with van der Waals surface area (Å²) in [6.07, 6.45) is 6.88. The molecule has 0 radical (unpaired) electrons. The quantitative estimate of drug-likeness (QED) is 0.923. The molecular weight excluding hydrogens is 286 g/mol. The maximum Gasteiger partial charge on any atom is 0.258 e. The lowest BCUT2D eigenvalue weighted by Crippen LogP contribution is -2.43. The van der Waals surface area contributed by atoms with Crippen LogP contribution in [0.2, 0.25) is 0 Å². The number of likely N-dealkylation sites (tertiary alicyclic amines) is 1. The van der Waals surface area contributed by atoms with Gasteiger partial charge in [0.25, 0.3) is 5.56 Å². The Labute approximate surface area is 136 Å². The van der Waals surface area contributed by atoms with Crippen LogP contribution in [0.1, 0.15) is 50.9 Å². The number of nitrogens with one attached hydrogen (secondary N) is 1. The lowest BCUT2D eigenvalue weighted by atomic mass is 9.75. The van der Waals surface area contributed by atoms with Crippen LogP contribution >= 0.6 is 0 Å². The molecule has 122 valence electrons. The first kappa shape index (κ1) is 14.9. The van der Waals surface area contributed by atoms with Gasteiger partial charge in [-0.1, -0.05) is 31.4 Å². The number of H-pyrrole nitrogens is 1. The maximum atomic E-state index is 12.3. The number of piperidine rings is 1. The van der Waals surface area contributed by atoms with Crippen LogP contribution in [0.5, 0.6) is 0 Å². The van der Waals surface area contributed by atoms with Crippen molar-refractivity contribution in [1.82, 2.24) is 14.9 Å². The highest BCUT2D eigenvalue weighted by atomic mass is 16.1. The number of para-hydroxylation sites is 1. The van der Waals surface area contributed by atoms with E-state index in [0.29, 0.717) is 5.39 Å². The largest absolute Gasteiger partial charge is 0.309 e. The highest BCUT2D eigenvalue weighted by Gasteiger charge is 2.33. The fourth-order valence-electron chi connectivity index (χ4n) is 4.46. The van der Waals surface area contributed by atoms with E-state index in [0.717, 1.165) is 36.3 Å². The van der Waals surface area contributed by atoms with Gasteiger partial charge in [0.2, 0.25) is 0 Å². The average Bonchev–Trinajstić information content (AvgIpc) is 2.60. The van der Waals surface area contributed by atoms with Crippen LogP contribution < -0.4 is 5.56 Å². The number of hydrogen-bond donors (Lipinski definition) is 1. The molecule has 4 rings (SSSR count). The fourth-order valence-corrected chi connectivity index (χ4v) is 4.46. The molecule has 2 aromatic rings. The molecule has 1 saturated carbocycles. The summed E-state index contributed by atoms with van der Waals surface area (Å²) < 4.78 is 0. The molecule has 4 nitrogen and oxygen atoms in total. The Kier molecular flexibility index (Phi) is 3.93. The van der Waals surface area contributed by atoms with Gasteiger partial charge in [-0.05, 0) is 50.3 Å². The third kappa shape index (κ3) is 2.80. The molecule has 1 aliphatic carbocycles. The van der Waals surface area contributed by atoms with Gasteiger partial charge < -0.3 is 4.98 Å². The van der Waals surface area contributed by atoms with Crippen molar-refractivity contribution in [3.05, 3.63) is 40.4 Å². The number of fused-ring (bicyclic) bond motifs is 2. The molecule has 2 aliphatic rings. The Morgan fingerprint density at radius 2 is 1.96 bits per heavy atom. The number of nitrogens with zero attached hydrogens (tertiary/aromatic N) is 2. The van der Waals surface area contributed by atoms with Crippen LogP contribution in [0.3, 0.4) is 0 Å². The van der Waals surface area contributed by atoms with Crippen LogP contribution in [-0.2, 0) is 0 Å². The normalized spacial score (nSPS) is 26.8. The Morgan fingerprint density at radius 1 is 1.17 bits per heavy atom. The average molecular weight is 311 g/mol. The minimum absolute atomic E-state index is 0.0231. The molecular formula is C19H25N3O. The van der Waals surface area contributed by atoms with E-state index in [4.69, 9.17) is 4.98 Å². The zero-order valence-electron chi connectivity index (χ0n) is 13.8. The van der Waals surface area contributed by atoms with Gasteiger partial charge in [-0.15, -0.1) is 0 Å². The zero-order chi connectivity index (χ0) is 15.8. The van der Waals surface area contributed by atoms with Crippen molar-refractivity contribution in [2.75, 3.05) is 13.1 Å². The van der Waals surface area contributed by atoms with Crippen molar-refractivity contribution in [2.24, 2.45) is 11.8 Å².